The van der Waals surface area contributed by atoms with Crippen molar-refractivity contribution >= 4 is 5.91 Å². The Bertz CT molecular complexity index is 818. The molecule has 6 heteroatoms. The Labute approximate surface area is 160 Å². The van der Waals surface area contributed by atoms with E-state index in [4.69, 9.17) is 0 Å². The number of hydrogen-bond acceptors (Lipinski definition) is 4. The first-order chi connectivity index (χ1) is 13.0. The molecule has 1 aliphatic heterocycles. The van der Waals surface area contributed by atoms with E-state index in [1.54, 1.807) is 19.3 Å². The molecule has 1 saturated heterocycles. The number of nitrogens with one attached hydrogen (secondary N) is 1. The number of nitrogens with zero attached hydrogens (tertiary/aromatic N) is 3. The number of amides is 1. The largest absolute Gasteiger partial charge is 0.352 e. The van der Waals surface area contributed by atoms with Gasteiger partial charge in [0.2, 0.25) is 0 Å². The second kappa shape index (κ2) is 8.97. The topological polar surface area (TPSA) is 57.6 Å². The van der Waals surface area contributed by atoms with E-state index in [1.165, 1.54) is 16.2 Å². The second-order valence-corrected chi connectivity index (χ2v) is 7.20. The minimum Gasteiger partial charge on any atom is -0.352 e. The summed E-state index contributed by atoms with van der Waals surface area (Å²) in [5.74, 6) is -0.189. The zero-order valence-corrected chi connectivity index (χ0v) is 16.1. The Kier molecular flexibility index (Phi) is 6.42. The molecular weight excluding hydrogens is 340 g/mol. The van der Waals surface area contributed by atoms with Gasteiger partial charge in [0.15, 0.2) is 0 Å². The number of benzene rings is 1. The van der Waals surface area contributed by atoms with E-state index in [0.29, 0.717) is 18.2 Å². The summed E-state index contributed by atoms with van der Waals surface area (Å²) in [6.45, 7) is 4.64. The Morgan fingerprint density at radius 1 is 1.15 bits per heavy atom. The van der Waals surface area contributed by atoms with E-state index in [9.17, 15) is 9.59 Å². The summed E-state index contributed by atoms with van der Waals surface area (Å²) in [5.41, 5.74) is 1.58. The molecular formula is C21H28N4O2. The van der Waals surface area contributed by atoms with Crippen molar-refractivity contribution in [3.8, 4) is 0 Å². The molecule has 0 unspecified atom stereocenters. The van der Waals surface area contributed by atoms with Crippen LogP contribution in [0.5, 0.6) is 0 Å². The molecule has 1 amide bonds. The number of aryl methyl sites for hydroxylation is 1. The van der Waals surface area contributed by atoms with Gasteiger partial charge in [-0.15, -0.1) is 0 Å². The average Bonchev–Trinajstić information content (AvgIpc) is 2.68. The van der Waals surface area contributed by atoms with Crippen LogP contribution >= 0.6 is 0 Å². The van der Waals surface area contributed by atoms with Gasteiger partial charge < -0.3 is 14.8 Å². The van der Waals surface area contributed by atoms with E-state index in [1.807, 2.05) is 6.07 Å². The van der Waals surface area contributed by atoms with Gasteiger partial charge in [-0.25, -0.2) is 0 Å². The predicted molar refractivity (Wildman–Crippen MR) is 107 cm³/mol. The van der Waals surface area contributed by atoms with Crippen LogP contribution in [-0.2, 0) is 7.05 Å². The minimum atomic E-state index is -0.189. The van der Waals surface area contributed by atoms with Crippen LogP contribution in [0.4, 0.5) is 0 Å². The Morgan fingerprint density at radius 3 is 2.67 bits per heavy atom. The number of hydrogen-bond donors (Lipinski definition) is 1. The number of carbonyl (C=O) groups excluding carboxylic acids is 1. The van der Waals surface area contributed by atoms with Crippen LogP contribution < -0.4 is 10.9 Å². The van der Waals surface area contributed by atoms with Gasteiger partial charge in [-0.1, -0.05) is 30.3 Å². The summed E-state index contributed by atoms with van der Waals surface area (Å²) in [7, 11) is 3.83. The van der Waals surface area contributed by atoms with Crippen molar-refractivity contribution < 1.29 is 4.79 Å². The molecule has 6 nitrogen and oxygen atoms in total. The highest BCUT2D eigenvalue weighted by molar-refractivity contribution is 5.93. The highest BCUT2D eigenvalue weighted by Crippen LogP contribution is 2.24. The molecule has 2 heterocycles. The number of aromatic nitrogens is 1. The van der Waals surface area contributed by atoms with Crippen LogP contribution in [0.1, 0.15) is 28.4 Å². The number of rotatable bonds is 6. The summed E-state index contributed by atoms with van der Waals surface area (Å²) < 4.78 is 1.45. The van der Waals surface area contributed by atoms with Gasteiger partial charge in [-0.05, 0) is 25.1 Å². The predicted octanol–water partition coefficient (Wildman–Crippen LogP) is 1.49. The molecule has 1 N–H and O–H groups in total. The van der Waals surface area contributed by atoms with Crippen LogP contribution in [0.15, 0.2) is 53.5 Å². The quantitative estimate of drug-likeness (QED) is 0.785. The maximum Gasteiger partial charge on any atom is 0.251 e. The monoisotopic (exact) mass is 368 g/mol. The minimum absolute atomic E-state index is 0.175. The lowest BCUT2D eigenvalue weighted by atomic mass is 10.0. The van der Waals surface area contributed by atoms with Crippen LogP contribution in [0.3, 0.4) is 0 Å². The summed E-state index contributed by atoms with van der Waals surface area (Å²) in [4.78, 5) is 28.7. The molecule has 3 rings (SSSR count). The van der Waals surface area contributed by atoms with Crippen LogP contribution in [0, 0.1) is 0 Å². The van der Waals surface area contributed by atoms with Crippen LogP contribution in [-0.4, -0.2) is 60.0 Å². The van der Waals surface area contributed by atoms with Crippen molar-refractivity contribution in [1.82, 2.24) is 19.7 Å². The molecule has 0 spiro atoms. The van der Waals surface area contributed by atoms with E-state index in [-0.39, 0.29) is 11.5 Å². The fourth-order valence-corrected chi connectivity index (χ4v) is 3.49. The third-order valence-corrected chi connectivity index (χ3v) is 5.15. The molecule has 1 fully saturated rings. The van der Waals surface area contributed by atoms with Gasteiger partial charge >= 0.3 is 0 Å². The molecule has 0 bridgehead atoms. The Balaban J connectivity index is 1.52. The standard InChI is InChI=1S/C21H28N4O2/c1-23-13-14-25(19(16-23)17-7-4-3-5-8-17)11-6-10-22-21(27)18-9-12-24(2)20(26)15-18/h3-5,7-9,12,15,19H,6,10-11,13-14,16H2,1-2H3,(H,22,27)/t19-/m0/s1. The van der Waals surface area contributed by atoms with Crippen molar-refractivity contribution in [3.63, 3.8) is 0 Å². The van der Waals surface area contributed by atoms with Gasteiger partial charge in [0.25, 0.3) is 11.5 Å². The maximum atomic E-state index is 12.2. The van der Waals surface area contributed by atoms with E-state index in [2.05, 4.69) is 46.4 Å². The highest BCUT2D eigenvalue weighted by Gasteiger charge is 2.25. The summed E-state index contributed by atoms with van der Waals surface area (Å²) in [6.07, 6.45) is 2.50. The van der Waals surface area contributed by atoms with Gasteiger partial charge in [-0.2, -0.15) is 0 Å². The zero-order valence-electron chi connectivity index (χ0n) is 16.1. The van der Waals surface area contributed by atoms with Crippen molar-refractivity contribution in [2.75, 3.05) is 39.8 Å². The molecule has 1 aromatic heterocycles. The number of carbonyl (C=O) groups is 1. The third kappa shape index (κ3) is 5.05. The number of pyridine rings is 1. The first-order valence-electron chi connectivity index (χ1n) is 9.47. The maximum absolute atomic E-state index is 12.2. The van der Waals surface area contributed by atoms with Crippen molar-refractivity contribution in [2.45, 2.75) is 12.5 Å². The molecule has 0 radical (unpaired) electrons. The lowest BCUT2D eigenvalue weighted by Crippen LogP contribution is -2.47. The molecule has 2 aromatic rings. The lowest BCUT2D eigenvalue weighted by Gasteiger charge is -2.40. The van der Waals surface area contributed by atoms with Crippen molar-refractivity contribution in [2.24, 2.45) is 7.05 Å². The Hall–Kier alpha value is -2.44. The fraction of sp³-hybridized carbons (Fsp3) is 0.429. The highest BCUT2D eigenvalue weighted by atomic mass is 16.2. The van der Waals surface area contributed by atoms with Gasteiger partial charge in [0.1, 0.15) is 0 Å². The molecule has 0 aliphatic carbocycles. The first-order valence-corrected chi connectivity index (χ1v) is 9.47. The summed E-state index contributed by atoms with van der Waals surface area (Å²) in [5, 5.41) is 2.92. The number of piperazine rings is 1. The smallest absolute Gasteiger partial charge is 0.251 e. The summed E-state index contributed by atoms with van der Waals surface area (Å²) >= 11 is 0. The summed E-state index contributed by atoms with van der Waals surface area (Å²) in [6, 6.07) is 14.0. The van der Waals surface area contributed by atoms with E-state index >= 15 is 0 Å². The van der Waals surface area contributed by atoms with Crippen molar-refractivity contribution in [1.29, 1.82) is 0 Å². The SMILES string of the molecule is CN1CCN(CCCNC(=O)c2ccn(C)c(=O)c2)[C@H](c2ccccc2)C1. The van der Waals surface area contributed by atoms with Gasteiger partial charge in [0, 0.05) is 63.6 Å². The zero-order chi connectivity index (χ0) is 19.2. The molecule has 0 saturated carbocycles. The number of likely N-dealkylation sites (N-methyl/N-ethyl adjacent to an activating group) is 1. The molecule has 1 aliphatic rings. The van der Waals surface area contributed by atoms with Crippen LogP contribution in [0.25, 0.3) is 0 Å². The second-order valence-electron chi connectivity index (χ2n) is 7.20. The molecule has 1 aromatic carbocycles. The van der Waals surface area contributed by atoms with Gasteiger partial charge in [0.05, 0.1) is 0 Å². The first kappa shape index (κ1) is 19.3. The van der Waals surface area contributed by atoms with Crippen molar-refractivity contribution in [3.05, 3.63) is 70.1 Å². The average molecular weight is 368 g/mol. The molecule has 144 valence electrons. The third-order valence-electron chi connectivity index (χ3n) is 5.15. The molecule has 27 heavy (non-hydrogen) atoms. The van der Waals surface area contributed by atoms with Crippen LogP contribution in [0.2, 0.25) is 0 Å². The van der Waals surface area contributed by atoms with E-state index < -0.39 is 0 Å². The van der Waals surface area contributed by atoms with E-state index in [0.717, 1.165) is 32.6 Å². The van der Waals surface area contributed by atoms with Gasteiger partial charge in [-0.3, -0.25) is 14.5 Å². The Morgan fingerprint density at radius 2 is 1.93 bits per heavy atom. The fourth-order valence-electron chi connectivity index (χ4n) is 3.49. The molecule has 1 atom stereocenters. The normalized spacial score (nSPS) is 18.4. The lowest BCUT2D eigenvalue weighted by molar-refractivity contribution is 0.0865.